The smallest absolute Gasteiger partial charge is 0.224 e. The van der Waals surface area contributed by atoms with E-state index in [1.165, 1.54) is 0 Å². The molecule has 0 aromatic heterocycles. The van der Waals surface area contributed by atoms with Crippen LogP contribution in [0.4, 0.5) is 0 Å². The zero-order valence-corrected chi connectivity index (χ0v) is 10.8. The molecule has 0 saturated heterocycles. The van der Waals surface area contributed by atoms with E-state index in [0.29, 0.717) is 11.5 Å². The molecule has 2 atom stereocenters. The Morgan fingerprint density at radius 2 is 1.80 bits per heavy atom. The van der Waals surface area contributed by atoms with Gasteiger partial charge in [-0.3, -0.25) is 9.59 Å². The van der Waals surface area contributed by atoms with E-state index in [9.17, 15) is 9.59 Å². The molecule has 0 fully saturated rings. The average molecular weight is 250 g/mol. The SMILES string of the molecule is CNC(=O)[C@@H](CS)CC(=O)[C@@H](CS)NC. The second-order valence-electron chi connectivity index (χ2n) is 3.19. The van der Waals surface area contributed by atoms with E-state index in [0.717, 1.165) is 0 Å². The highest BCUT2D eigenvalue weighted by Gasteiger charge is 2.23. The Balaban J connectivity index is 4.29. The van der Waals surface area contributed by atoms with Crippen molar-refractivity contribution in [3.05, 3.63) is 0 Å². The lowest BCUT2D eigenvalue weighted by Gasteiger charge is -2.16. The molecule has 0 radical (unpaired) electrons. The molecule has 0 aromatic carbocycles. The van der Waals surface area contributed by atoms with Gasteiger partial charge in [0.1, 0.15) is 0 Å². The molecule has 0 unspecified atom stereocenters. The van der Waals surface area contributed by atoms with E-state index in [1.54, 1.807) is 14.1 Å². The Bertz CT molecular complexity index is 220. The number of ketones is 1. The zero-order chi connectivity index (χ0) is 11.8. The summed E-state index contributed by atoms with van der Waals surface area (Å²) in [6.07, 6.45) is 0.204. The normalized spacial score (nSPS) is 14.4. The van der Waals surface area contributed by atoms with Gasteiger partial charge in [0.05, 0.1) is 12.0 Å². The molecule has 0 aliphatic heterocycles. The van der Waals surface area contributed by atoms with Gasteiger partial charge >= 0.3 is 0 Å². The van der Waals surface area contributed by atoms with Crippen LogP contribution >= 0.6 is 25.3 Å². The van der Waals surface area contributed by atoms with Gasteiger partial charge in [-0.05, 0) is 7.05 Å². The van der Waals surface area contributed by atoms with Gasteiger partial charge in [-0.15, -0.1) is 0 Å². The molecule has 0 heterocycles. The topological polar surface area (TPSA) is 58.2 Å². The van der Waals surface area contributed by atoms with Crippen LogP contribution in [0.1, 0.15) is 6.42 Å². The third kappa shape index (κ3) is 4.90. The van der Waals surface area contributed by atoms with Crippen LogP contribution in [0.3, 0.4) is 0 Å². The monoisotopic (exact) mass is 250 g/mol. The number of nitrogens with one attached hydrogen (secondary N) is 2. The lowest BCUT2D eigenvalue weighted by Crippen LogP contribution is -2.39. The summed E-state index contributed by atoms with van der Waals surface area (Å²) in [6, 6.07) is -0.291. The van der Waals surface area contributed by atoms with Crippen molar-refractivity contribution in [2.24, 2.45) is 5.92 Å². The summed E-state index contributed by atoms with van der Waals surface area (Å²) >= 11 is 8.12. The number of amides is 1. The van der Waals surface area contributed by atoms with Crippen molar-refractivity contribution in [1.82, 2.24) is 10.6 Å². The van der Waals surface area contributed by atoms with Crippen molar-refractivity contribution < 1.29 is 9.59 Å². The van der Waals surface area contributed by atoms with Crippen LogP contribution in [0, 0.1) is 5.92 Å². The van der Waals surface area contributed by atoms with Crippen LogP contribution in [-0.4, -0.2) is 43.3 Å². The lowest BCUT2D eigenvalue weighted by molar-refractivity contribution is -0.128. The molecule has 0 spiro atoms. The molecule has 0 aliphatic rings. The van der Waals surface area contributed by atoms with E-state index < -0.39 is 0 Å². The summed E-state index contributed by atoms with van der Waals surface area (Å²) in [7, 11) is 3.26. The molecule has 0 bridgehead atoms. The highest BCUT2D eigenvalue weighted by Crippen LogP contribution is 2.08. The maximum atomic E-state index is 11.7. The molecule has 2 N–H and O–H groups in total. The van der Waals surface area contributed by atoms with Crippen molar-refractivity contribution in [3.63, 3.8) is 0 Å². The number of carbonyl (C=O) groups excluding carboxylic acids is 2. The first-order valence-electron chi connectivity index (χ1n) is 4.74. The molecule has 0 aliphatic carbocycles. The van der Waals surface area contributed by atoms with Crippen LogP contribution in [0.15, 0.2) is 0 Å². The van der Waals surface area contributed by atoms with Gasteiger partial charge < -0.3 is 10.6 Å². The third-order valence-corrected chi connectivity index (χ3v) is 3.01. The van der Waals surface area contributed by atoms with E-state index in [1.807, 2.05) is 0 Å². The summed E-state index contributed by atoms with van der Waals surface area (Å²) < 4.78 is 0. The standard InChI is InChI=1S/C9H18N2O2S2/c1-10-7(5-15)8(12)3-6(4-14)9(13)11-2/h6-7,10,14-15H,3-5H2,1-2H3,(H,11,13)/t6-,7-/m1/s1. The number of hydrogen-bond donors (Lipinski definition) is 4. The Kier molecular flexibility index (Phi) is 7.90. The second kappa shape index (κ2) is 8.01. The summed E-state index contributed by atoms with van der Waals surface area (Å²) in [5.41, 5.74) is 0. The maximum Gasteiger partial charge on any atom is 0.224 e. The summed E-state index contributed by atoms with van der Waals surface area (Å²) in [4.78, 5) is 23.0. The van der Waals surface area contributed by atoms with Crippen molar-refractivity contribution in [2.75, 3.05) is 25.6 Å². The lowest BCUT2D eigenvalue weighted by atomic mass is 10.00. The Morgan fingerprint density at radius 1 is 1.20 bits per heavy atom. The first-order chi connectivity index (χ1) is 7.10. The molecule has 4 nitrogen and oxygen atoms in total. The number of thiol groups is 2. The van der Waals surface area contributed by atoms with Gasteiger partial charge in [-0.1, -0.05) is 0 Å². The minimum absolute atomic E-state index is 0.00449. The van der Waals surface area contributed by atoms with Gasteiger partial charge in [0.15, 0.2) is 5.78 Å². The van der Waals surface area contributed by atoms with Gasteiger partial charge in [0, 0.05) is 25.0 Å². The van der Waals surface area contributed by atoms with E-state index in [4.69, 9.17) is 0 Å². The van der Waals surface area contributed by atoms with E-state index in [2.05, 4.69) is 35.9 Å². The Morgan fingerprint density at radius 3 is 2.13 bits per heavy atom. The molecule has 0 aromatic rings. The fourth-order valence-electron chi connectivity index (χ4n) is 1.18. The van der Waals surface area contributed by atoms with Crippen molar-refractivity contribution in [1.29, 1.82) is 0 Å². The molecule has 15 heavy (non-hydrogen) atoms. The van der Waals surface area contributed by atoms with Gasteiger partial charge in [0.2, 0.25) is 5.91 Å². The number of carbonyl (C=O) groups is 2. The largest absolute Gasteiger partial charge is 0.359 e. The average Bonchev–Trinajstić information content (AvgIpc) is 2.26. The zero-order valence-electron chi connectivity index (χ0n) is 8.99. The van der Waals surface area contributed by atoms with Crippen molar-refractivity contribution in [3.8, 4) is 0 Å². The minimum atomic E-state index is -0.360. The minimum Gasteiger partial charge on any atom is -0.359 e. The summed E-state index contributed by atoms with van der Waals surface area (Å²) in [6.45, 7) is 0. The predicted octanol–water partition coefficient (Wildman–Crippen LogP) is -0.245. The highest BCUT2D eigenvalue weighted by atomic mass is 32.1. The first-order valence-corrected chi connectivity index (χ1v) is 6.00. The van der Waals surface area contributed by atoms with Crippen molar-refractivity contribution in [2.45, 2.75) is 12.5 Å². The molecule has 0 rings (SSSR count). The Labute approximate surface area is 101 Å². The van der Waals surface area contributed by atoms with Gasteiger partial charge in [0.25, 0.3) is 0 Å². The number of Topliss-reactive ketones (excluding diaryl/α,β-unsaturated/α-hetero) is 1. The third-order valence-electron chi connectivity index (χ3n) is 2.20. The summed E-state index contributed by atoms with van der Waals surface area (Å²) in [5.74, 6) is 0.292. The molecule has 88 valence electrons. The quantitative estimate of drug-likeness (QED) is 0.472. The second-order valence-corrected chi connectivity index (χ2v) is 3.92. The first kappa shape index (κ1) is 14.8. The molecular formula is C9H18N2O2S2. The molecule has 0 saturated carbocycles. The number of rotatable bonds is 7. The maximum absolute atomic E-state index is 11.7. The van der Waals surface area contributed by atoms with E-state index >= 15 is 0 Å². The highest BCUT2D eigenvalue weighted by molar-refractivity contribution is 7.80. The van der Waals surface area contributed by atoms with Gasteiger partial charge in [-0.25, -0.2) is 0 Å². The number of likely N-dealkylation sites (N-methyl/N-ethyl adjacent to an activating group) is 1. The fourth-order valence-corrected chi connectivity index (χ4v) is 1.86. The molecule has 6 heteroatoms. The molecular weight excluding hydrogens is 232 g/mol. The van der Waals surface area contributed by atoms with Crippen LogP contribution in [0.5, 0.6) is 0 Å². The Hall–Kier alpha value is -0.200. The predicted molar refractivity (Wildman–Crippen MR) is 67.7 cm³/mol. The van der Waals surface area contributed by atoms with Crippen molar-refractivity contribution >= 4 is 36.9 Å². The van der Waals surface area contributed by atoms with Crippen LogP contribution < -0.4 is 10.6 Å². The van der Waals surface area contributed by atoms with Crippen LogP contribution in [-0.2, 0) is 9.59 Å². The fraction of sp³-hybridized carbons (Fsp3) is 0.778. The van der Waals surface area contributed by atoms with Crippen LogP contribution in [0.2, 0.25) is 0 Å². The molecule has 1 amide bonds. The van der Waals surface area contributed by atoms with Crippen LogP contribution in [0.25, 0.3) is 0 Å². The summed E-state index contributed by atoms with van der Waals surface area (Å²) in [5, 5.41) is 5.37. The van der Waals surface area contributed by atoms with Gasteiger partial charge in [-0.2, -0.15) is 25.3 Å². The van der Waals surface area contributed by atoms with E-state index in [-0.39, 0.29) is 30.1 Å². The number of hydrogen-bond acceptors (Lipinski definition) is 5.